The summed E-state index contributed by atoms with van der Waals surface area (Å²) in [7, 11) is 0. The largest absolute Gasteiger partial charge is 0.454 e. The predicted molar refractivity (Wildman–Crippen MR) is 101 cm³/mol. The van der Waals surface area contributed by atoms with Gasteiger partial charge in [-0.3, -0.25) is 4.79 Å². The molecule has 5 rings (SSSR count). The highest BCUT2D eigenvalue weighted by Crippen LogP contribution is 2.37. The summed E-state index contributed by atoms with van der Waals surface area (Å²) in [5, 5.41) is 6.51. The molecule has 1 aromatic carbocycles. The van der Waals surface area contributed by atoms with E-state index in [-0.39, 0.29) is 36.5 Å². The van der Waals surface area contributed by atoms with Gasteiger partial charge in [0, 0.05) is 24.8 Å². The summed E-state index contributed by atoms with van der Waals surface area (Å²) in [6, 6.07) is 6.89. The molecule has 31 heavy (non-hydrogen) atoms. The molecule has 1 saturated heterocycles. The van der Waals surface area contributed by atoms with Crippen molar-refractivity contribution in [2.75, 3.05) is 19.9 Å². The number of halogens is 3. The van der Waals surface area contributed by atoms with Gasteiger partial charge in [-0.25, -0.2) is 9.50 Å². The van der Waals surface area contributed by atoms with Crippen molar-refractivity contribution in [3.8, 4) is 22.8 Å². The van der Waals surface area contributed by atoms with Gasteiger partial charge in [0.05, 0.1) is 11.8 Å². The molecule has 1 N–H and O–H groups in total. The van der Waals surface area contributed by atoms with Crippen molar-refractivity contribution in [2.45, 2.75) is 25.1 Å². The molecule has 0 aliphatic carbocycles. The molecule has 3 aromatic rings. The van der Waals surface area contributed by atoms with E-state index < -0.39 is 17.8 Å². The Hall–Kier alpha value is -3.34. The lowest BCUT2D eigenvalue weighted by atomic mass is 10.1. The number of carbonyl (C=O) groups is 1. The molecule has 11 heteroatoms. The average molecular weight is 434 g/mol. The monoisotopic (exact) mass is 434 g/mol. The Balaban J connectivity index is 1.51. The molecule has 0 unspecified atom stereocenters. The van der Waals surface area contributed by atoms with E-state index in [4.69, 9.17) is 14.2 Å². The van der Waals surface area contributed by atoms with Crippen LogP contribution in [0.4, 0.5) is 13.2 Å². The third kappa shape index (κ3) is 3.76. The lowest BCUT2D eigenvalue weighted by molar-refractivity contribution is -0.142. The number of ether oxygens (including phenoxy) is 3. The smallest absolute Gasteiger partial charge is 0.433 e. The first kappa shape index (κ1) is 19.6. The number of carbonyl (C=O) groups excluding carboxylic acids is 1. The Labute approximate surface area is 173 Å². The van der Waals surface area contributed by atoms with E-state index >= 15 is 0 Å². The highest BCUT2D eigenvalue weighted by Gasteiger charge is 2.36. The second kappa shape index (κ2) is 7.41. The zero-order chi connectivity index (χ0) is 21.6. The molecule has 4 heterocycles. The summed E-state index contributed by atoms with van der Waals surface area (Å²) in [6.07, 6.45) is -3.06. The number of nitrogens with zero attached hydrogens (tertiary/aromatic N) is 3. The summed E-state index contributed by atoms with van der Waals surface area (Å²) in [5.41, 5.74) is -0.792. The molecular weight excluding hydrogens is 417 g/mol. The molecule has 0 radical (unpaired) electrons. The van der Waals surface area contributed by atoms with Gasteiger partial charge < -0.3 is 19.5 Å². The average Bonchev–Trinajstić information content (AvgIpc) is 3.50. The van der Waals surface area contributed by atoms with E-state index in [9.17, 15) is 18.0 Å². The molecule has 0 spiro atoms. The van der Waals surface area contributed by atoms with E-state index in [1.807, 2.05) is 0 Å². The highest BCUT2D eigenvalue weighted by atomic mass is 19.4. The minimum Gasteiger partial charge on any atom is -0.454 e. The number of amides is 1. The SMILES string of the molecule is O=C(NC[C@@H]1CCCO1)c1cc2nc(-c3ccc4c(c3)OCO4)cc(C(F)(F)F)n2n1. The van der Waals surface area contributed by atoms with Gasteiger partial charge in [0.25, 0.3) is 5.91 Å². The maximum Gasteiger partial charge on any atom is 0.433 e. The number of nitrogens with one attached hydrogen (secondary N) is 1. The van der Waals surface area contributed by atoms with Crippen LogP contribution in [0.25, 0.3) is 16.9 Å². The Morgan fingerprint density at radius 3 is 2.81 bits per heavy atom. The van der Waals surface area contributed by atoms with E-state index in [2.05, 4.69) is 15.4 Å². The Bertz CT molecular complexity index is 1160. The van der Waals surface area contributed by atoms with Crippen LogP contribution in [0.1, 0.15) is 29.0 Å². The first-order valence-corrected chi connectivity index (χ1v) is 9.66. The van der Waals surface area contributed by atoms with Crippen LogP contribution in [0.3, 0.4) is 0 Å². The summed E-state index contributed by atoms with van der Waals surface area (Å²) in [6.45, 7) is 0.956. The molecule has 1 fully saturated rings. The van der Waals surface area contributed by atoms with Gasteiger partial charge in [-0.2, -0.15) is 18.3 Å². The number of hydrogen-bond donors (Lipinski definition) is 1. The summed E-state index contributed by atoms with van der Waals surface area (Å²) in [5.74, 6) is 0.351. The molecule has 162 valence electrons. The van der Waals surface area contributed by atoms with Crippen molar-refractivity contribution < 1.29 is 32.2 Å². The number of fused-ring (bicyclic) bond motifs is 2. The van der Waals surface area contributed by atoms with E-state index in [0.717, 1.165) is 18.9 Å². The van der Waals surface area contributed by atoms with Crippen molar-refractivity contribution in [2.24, 2.45) is 0 Å². The van der Waals surface area contributed by atoms with Crippen molar-refractivity contribution in [1.29, 1.82) is 0 Å². The fourth-order valence-corrected chi connectivity index (χ4v) is 3.59. The summed E-state index contributed by atoms with van der Waals surface area (Å²) in [4.78, 5) is 16.7. The maximum absolute atomic E-state index is 13.7. The first-order valence-electron chi connectivity index (χ1n) is 9.66. The van der Waals surface area contributed by atoms with Crippen LogP contribution in [-0.2, 0) is 10.9 Å². The van der Waals surface area contributed by atoms with Crippen molar-refractivity contribution in [3.05, 3.63) is 41.7 Å². The molecule has 1 amide bonds. The Morgan fingerprint density at radius 1 is 1.19 bits per heavy atom. The Morgan fingerprint density at radius 2 is 2.03 bits per heavy atom. The van der Waals surface area contributed by atoms with Gasteiger partial charge >= 0.3 is 6.18 Å². The van der Waals surface area contributed by atoms with Gasteiger partial charge in [-0.1, -0.05) is 0 Å². The lowest BCUT2D eigenvalue weighted by Gasteiger charge is -2.11. The highest BCUT2D eigenvalue weighted by molar-refractivity contribution is 5.93. The number of rotatable bonds is 4. The van der Waals surface area contributed by atoms with Crippen molar-refractivity contribution >= 4 is 11.6 Å². The zero-order valence-corrected chi connectivity index (χ0v) is 16.1. The molecule has 8 nitrogen and oxygen atoms in total. The minimum atomic E-state index is -4.70. The van der Waals surface area contributed by atoms with Gasteiger partial charge in [0.15, 0.2) is 28.5 Å². The summed E-state index contributed by atoms with van der Waals surface area (Å²) < 4.78 is 57.8. The van der Waals surface area contributed by atoms with Crippen molar-refractivity contribution in [3.63, 3.8) is 0 Å². The van der Waals surface area contributed by atoms with E-state index in [1.54, 1.807) is 18.2 Å². The molecule has 2 aromatic heterocycles. The predicted octanol–water partition coefficient (Wildman–Crippen LogP) is 3.05. The standard InChI is InChI=1S/C20H17F3N4O4/c21-20(22,23)17-7-13(11-3-4-15-16(6-11)31-10-30-15)25-18-8-14(26-27(17)18)19(28)24-9-12-2-1-5-29-12/h3-4,6-8,12H,1-2,5,9-10H2,(H,24,28)/t12-/m0/s1. The molecule has 0 bridgehead atoms. The molecule has 0 saturated carbocycles. The van der Waals surface area contributed by atoms with Gasteiger partial charge in [0.2, 0.25) is 6.79 Å². The van der Waals surface area contributed by atoms with Crippen LogP contribution in [0.15, 0.2) is 30.3 Å². The number of benzene rings is 1. The maximum atomic E-state index is 13.7. The second-order valence-corrected chi connectivity index (χ2v) is 7.24. The minimum absolute atomic E-state index is 0.0477. The third-order valence-corrected chi connectivity index (χ3v) is 5.13. The van der Waals surface area contributed by atoms with Crippen molar-refractivity contribution in [1.82, 2.24) is 19.9 Å². The lowest BCUT2D eigenvalue weighted by Crippen LogP contribution is -2.32. The Kier molecular flexibility index (Phi) is 4.69. The van der Waals surface area contributed by atoms with Crippen LogP contribution in [0, 0.1) is 0 Å². The quantitative estimate of drug-likeness (QED) is 0.679. The van der Waals surface area contributed by atoms with Gasteiger partial charge in [0.1, 0.15) is 0 Å². The van der Waals surface area contributed by atoms with E-state index in [1.165, 1.54) is 6.07 Å². The topological polar surface area (TPSA) is 87.0 Å². The van der Waals surface area contributed by atoms with Crippen LogP contribution in [0.2, 0.25) is 0 Å². The zero-order valence-electron chi connectivity index (χ0n) is 16.1. The fraction of sp³-hybridized carbons (Fsp3) is 0.350. The number of alkyl halides is 3. The number of aromatic nitrogens is 3. The molecule has 1 atom stereocenters. The van der Waals surface area contributed by atoms with E-state index in [0.29, 0.717) is 28.2 Å². The first-order chi connectivity index (χ1) is 14.9. The molecule has 2 aliphatic rings. The normalized spacial score (nSPS) is 18.0. The van der Waals surface area contributed by atoms with Gasteiger partial charge in [-0.05, 0) is 37.1 Å². The second-order valence-electron chi connectivity index (χ2n) is 7.24. The van der Waals surface area contributed by atoms with Crippen LogP contribution in [0.5, 0.6) is 11.5 Å². The van der Waals surface area contributed by atoms with Gasteiger partial charge in [-0.15, -0.1) is 0 Å². The van der Waals surface area contributed by atoms with Crippen LogP contribution in [-0.4, -0.2) is 46.6 Å². The fourth-order valence-electron chi connectivity index (χ4n) is 3.59. The third-order valence-electron chi connectivity index (χ3n) is 5.13. The number of hydrogen-bond acceptors (Lipinski definition) is 6. The molecular formula is C20H17F3N4O4. The van der Waals surface area contributed by atoms with Crippen LogP contribution >= 0.6 is 0 Å². The summed E-state index contributed by atoms with van der Waals surface area (Å²) >= 11 is 0. The molecule has 2 aliphatic heterocycles. The van der Waals surface area contributed by atoms with Crippen LogP contribution < -0.4 is 14.8 Å².